The van der Waals surface area contributed by atoms with Crippen molar-refractivity contribution in [2.75, 3.05) is 26.9 Å². The van der Waals surface area contributed by atoms with Crippen molar-refractivity contribution < 1.29 is 28.5 Å². The van der Waals surface area contributed by atoms with E-state index < -0.39 is 11.7 Å². The number of hydrogen-bond acceptors (Lipinski definition) is 7. The SMILES string of the molecule is COCCOCCCc1cc(O)c(C(C2C=CC=C(NC(=O)OCc3ccccc3)C2)C2CC2)c(=O)o1. The molecular weight excluding hydrogens is 474 g/mol. The predicted molar refractivity (Wildman–Crippen MR) is 138 cm³/mol. The van der Waals surface area contributed by atoms with Crippen LogP contribution in [0.5, 0.6) is 5.75 Å². The molecule has 2 aliphatic rings. The number of aryl methyl sites for hydroxylation is 1. The number of ether oxygens (including phenoxy) is 3. The minimum atomic E-state index is -0.523. The van der Waals surface area contributed by atoms with E-state index in [0.717, 1.165) is 18.4 Å². The molecule has 2 aromatic rings. The Morgan fingerprint density at radius 2 is 2.00 bits per heavy atom. The molecule has 198 valence electrons. The number of allylic oxidation sites excluding steroid dienone is 4. The van der Waals surface area contributed by atoms with Crippen LogP contribution in [0.2, 0.25) is 0 Å². The van der Waals surface area contributed by atoms with E-state index >= 15 is 0 Å². The van der Waals surface area contributed by atoms with Crippen LogP contribution in [-0.2, 0) is 27.2 Å². The molecule has 1 aromatic carbocycles. The maximum Gasteiger partial charge on any atom is 0.411 e. The molecule has 1 aromatic heterocycles. The summed E-state index contributed by atoms with van der Waals surface area (Å²) in [6.07, 6.45) is 8.89. The van der Waals surface area contributed by atoms with Crippen molar-refractivity contribution in [1.82, 2.24) is 5.32 Å². The molecule has 1 fully saturated rings. The van der Waals surface area contributed by atoms with Gasteiger partial charge in [-0.1, -0.05) is 42.5 Å². The van der Waals surface area contributed by atoms with Crippen LogP contribution < -0.4 is 10.9 Å². The molecule has 0 radical (unpaired) electrons. The molecule has 0 saturated heterocycles. The average molecular weight is 510 g/mol. The number of alkyl carbamates (subject to hydrolysis) is 1. The number of benzene rings is 1. The Kier molecular flexibility index (Phi) is 9.57. The lowest BCUT2D eigenvalue weighted by molar-refractivity contribution is 0.0690. The molecule has 0 spiro atoms. The average Bonchev–Trinajstić information content (AvgIpc) is 3.73. The van der Waals surface area contributed by atoms with Gasteiger partial charge in [-0.15, -0.1) is 0 Å². The van der Waals surface area contributed by atoms with E-state index in [2.05, 4.69) is 5.32 Å². The Morgan fingerprint density at radius 3 is 2.73 bits per heavy atom. The summed E-state index contributed by atoms with van der Waals surface area (Å²) in [5, 5.41) is 13.7. The number of rotatable bonds is 13. The highest BCUT2D eigenvalue weighted by Crippen LogP contribution is 2.50. The third kappa shape index (κ3) is 7.81. The molecule has 1 amide bonds. The maximum atomic E-state index is 13.0. The fourth-order valence-corrected chi connectivity index (χ4v) is 4.75. The Hall–Kier alpha value is -3.36. The summed E-state index contributed by atoms with van der Waals surface area (Å²) in [5.41, 5.74) is 1.45. The Balaban J connectivity index is 1.37. The normalized spacial score (nSPS) is 17.8. The fraction of sp³-hybridized carbons (Fsp3) is 0.448. The van der Waals surface area contributed by atoms with Gasteiger partial charge in [-0.3, -0.25) is 5.32 Å². The van der Waals surface area contributed by atoms with Crippen molar-refractivity contribution >= 4 is 6.09 Å². The van der Waals surface area contributed by atoms with E-state index in [4.69, 9.17) is 18.6 Å². The molecule has 37 heavy (non-hydrogen) atoms. The summed E-state index contributed by atoms with van der Waals surface area (Å²) < 4.78 is 21.4. The lowest BCUT2D eigenvalue weighted by Crippen LogP contribution is -2.28. The van der Waals surface area contributed by atoms with Crippen molar-refractivity contribution in [2.45, 2.75) is 44.6 Å². The molecule has 8 heteroatoms. The Bertz CT molecular complexity index is 1150. The molecule has 8 nitrogen and oxygen atoms in total. The summed E-state index contributed by atoms with van der Waals surface area (Å²) in [6.45, 7) is 1.75. The Morgan fingerprint density at radius 1 is 1.19 bits per heavy atom. The van der Waals surface area contributed by atoms with Gasteiger partial charge in [0.15, 0.2) is 0 Å². The molecule has 2 N–H and O–H groups in total. The van der Waals surface area contributed by atoms with Gasteiger partial charge >= 0.3 is 11.7 Å². The van der Waals surface area contributed by atoms with E-state index in [1.54, 1.807) is 13.2 Å². The molecule has 0 bridgehead atoms. The lowest BCUT2D eigenvalue weighted by Gasteiger charge is -2.27. The van der Waals surface area contributed by atoms with Crippen LogP contribution in [0, 0.1) is 11.8 Å². The van der Waals surface area contributed by atoms with Gasteiger partial charge in [-0.05, 0) is 49.2 Å². The second kappa shape index (κ2) is 13.3. The molecular formula is C29H35NO7. The van der Waals surface area contributed by atoms with Crippen molar-refractivity contribution in [3.63, 3.8) is 0 Å². The van der Waals surface area contributed by atoms with E-state index in [1.807, 2.05) is 48.6 Å². The van der Waals surface area contributed by atoms with E-state index in [9.17, 15) is 14.7 Å². The zero-order valence-electron chi connectivity index (χ0n) is 21.2. The predicted octanol–water partition coefficient (Wildman–Crippen LogP) is 4.82. The van der Waals surface area contributed by atoms with Crippen LogP contribution in [0.3, 0.4) is 0 Å². The topological polar surface area (TPSA) is 107 Å². The van der Waals surface area contributed by atoms with Crippen molar-refractivity contribution in [1.29, 1.82) is 0 Å². The van der Waals surface area contributed by atoms with Gasteiger partial charge < -0.3 is 23.7 Å². The van der Waals surface area contributed by atoms with E-state index in [1.165, 1.54) is 0 Å². The van der Waals surface area contributed by atoms with Gasteiger partial charge in [0.1, 0.15) is 18.1 Å². The number of aromatic hydroxyl groups is 1. The van der Waals surface area contributed by atoms with Crippen molar-refractivity contribution in [2.24, 2.45) is 11.8 Å². The molecule has 1 saturated carbocycles. The summed E-state index contributed by atoms with van der Waals surface area (Å²) >= 11 is 0. The third-order valence-corrected chi connectivity index (χ3v) is 6.67. The highest BCUT2D eigenvalue weighted by Gasteiger charge is 2.41. The molecule has 2 aliphatic carbocycles. The van der Waals surface area contributed by atoms with Crippen LogP contribution in [0.1, 0.15) is 48.5 Å². The first-order valence-electron chi connectivity index (χ1n) is 12.8. The van der Waals surface area contributed by atoms with Gasteiger partial charge in [0.2, 0.25) is 0 Å². The van der Waals surface area contributed by atoms with Crippen LogP contribution >= 0.6 is 0 Å². The second-order valence-electron chi connectivity index (χ2n) is 9.50. The van der Waals surface area contributed by atoms with Gasteiger partial charge in [0.05, 0.1) is 18.8 Å². The smallest absolute Gasteiger partial charge is 0.411 e. The minimum Gasteiger partial charge on any atom is -0.507 e. The van der Waals surface area contributed by atoms with Crippen LogP contribution in [0.4, 0.5) is 4.79 Å². The number of nitrogens with one attached hydrogen (secondary N) is 1. The Labute approximate surface area is 216 Å². The quantitative estimate of drug-likeness (QED) is 0.373. The first kappa shape index (κ1) is 26.7. The van der Waals surface area contributed by atoms with E-state index in [0.29, 0.717) is 56.1 Å². The number of hydrogen-bond donors (Lipinski definition) is 2. The summed E-state index contributed by atoms with van der Waals surface area (Å²) in [7, 11) is 1.62. The molecule has 4 rings (SSSR count). The summed E-state index contributed by atoms with van der Waals surface area (Å²) in [6, 6.07) is 11.0. The number of methoxy groups -OCH3 is 1. The van der Waals surface area contributed by atoms with Gasteiger partial charge in [0.25, 0.3) is 0 Å². The zero-order valence-corrected chi connectivity index (χ0v) is 21.2. The van der Waals surface area contributed by atoms with Crippen molar-refractivity contribution in [3.05, 3.63) is 87.6 Å². The van der Waals surface area contributed by atoms with Crippen molar-refractivity contribution in [3.8, 4) is 5.75 Å². The first-order valence-corrected chi connectivity index (χ1v) is 12.8. The standard InChI is InChI=1S/C29H35NO7/c1-34-15-16-35-14-6-11-24-18-25(31)27(28(32)37-24)26(21-12-13-21)22-9-5-10-23(17-22)30-29(33)36-19-20-7-3-2-4-8-20/h2-5,7-10,18,21-22,26,31H,6,11-17,19H2,1H3,(H,30,33). The highest BCUT2D eigenvalue weighted by atomic mass is 16.5. The van der Waals surface area contributed by atoms with Gasteiger partial charge in [-0.25, -0.2) is 9.59 Å². The molecule has 2 atom stereocenters. The van der Waals surface area contributed by atoms with Gasteiger partial charge in [0, 0.05) is 37.8 Å². The van der Waals surface area contributed by atoms with E-state index in [-0.39, 0.29) is 30.1 Å². The lowest BCUT2D eigenvalue weighted by atomic mass is 9.78. The minimum absolute atomic E-state index is 0.0248. The second-order valence-corrected chi connectivity index (χ2v) is 9.50. The van der Waals surface area contributed by atoms with Gasteiger partial charge in [-0.2, -0.15) is 0 Å². The molecule has 1 heterocycles. The third-order valence-electron chi connectivity index (χ3n) is 6.67. The highest BCUT2D eigenvalue weighted by molar-refractivity contribution is 5.69. The van der Waals surface area contributed by atoms with Crippen LogP contribution in [0.25, 0.3) is 0 Å². The summed E-state index contributed by atoms with van der Waals surface area (Å²) in [5.74, 6) is 0.454. The fourth-order valence-electron chi connectivity index (χ4n) is 4.75. The number of carbonyl (C=O) groups is 1. The zero-order chi connectivity index (χ0) is 26.0. The largest absolute Gasteiger partial charge is 0.507 e. The summed E-state index contributed by atoms with van der Waals surface area (Å²) in [4.78, 5) is 25.4. The molecule has 2 unspecified atom stereocenters. The maximum absolute atomic E-state index is 13.0. The first-order chi connectivity index (χ1) is 18.0. The number of amides is 1. The van der Waals surface area contributed by atoms with Crippen LogP contribution in [0.15, 0.2) is 69.5 Å². The monoisotopic (exact) mass is 509 g/mol. The molecule has 0 aliphatic heterocycles. The van der Waals surface area contributed by atoms with Crippen LogP contribution in [-0.4, -0.2) is 38.1 Å². The number of carbonyl (C=O) groups excluding carboxylic acids is 1.